The topological polar surface area (TPSA) is 46.3 Å². The minimum absolute atomic E-state index is 0.0660. The zero-order valence-corrected chi connectivity index (χ0v) is 8.89. The third kappa shape index (κ3) is 2.02. The normalized spacial score (nSPS) is 25.6. The predicted molar refractivity (Wildman–Crippen MR) is 59.4 cm³/mol. The number of hydrogen-bond acceptors (Lipinski definition) is 2. The van der Waals surface area contributed by atoms with Crippen molar-refractivity contribution in [1.29, 1.82) is 0 Å². The molecule has 1 aromatic rings. The van der Waals surface area contributed by atoms with E-state index >= 15 is 0 Å². The Morgan fingerprint density at radius 2 is 2.00 bits per heavy atom. The molecule has 80 valence electrons. The summed E-state index contributed by atoms with van der Waals surface area (Å²) in [6.45, 7) is 3.02. The average Bonchev–Trinajstić information content (AvgIpc) is 2.62. The summed E-state index contributed by atoms with van der Waals surface area (Å²) in [4.78, 5) is 13.1. The second kappa shape index (κ2) is 4.03. The van der Waals surface area contributed by atoms with Crippen LogP contribution in [-0.2, 0) is 4.79 Å². The summed E-state index contributed by atoms with van der Waals surface area (Å²) in [5.74, 6) is 0.402. The van der Waals surface area contributed by atoms with Crippen molar-refractivity contribution in [3.8, 4) is 0 Å². The molecule has 1 aromatic carbocycles. The number of hydrogen-bond donors (Lipinski definition) is 1. The number of nitrogens with two attached hydrogens (primary N) is 1. The highest BCUT2D eigenvalue weighted by Gasteiger charge is 2.32. The SMILES string of the molecule is CC(=O)N1C[C@H](c2ccccc2)[C@@H](N)C1. The lowest BCUT2D eigenvalue weighted by Gasteiger charge is -2.14. The minimum atomic E-state index is 0.0660. The molecule has 0 radical (unpaired) electrons. The lowest BCUT2D eigenvalue weighted by Crippen LogP contribution is -2.30. The maximum absolute atomic E-state index is 11.2. The first-order chi connectivity index (χ1) is 7.18. The molecule has 1 heterocycles. The molecule has 1 fully saturated rings. The van der Waals surface area contributed by atoms with Crippen LogP contribution in [0.15, 0.2) is 30.3 Å². The van der Waals surface area contributed by atoms with Gasteiger partial charge in [0, 0.05) is 32.0 Å². The van der Waals surface area contributed by atoms with Gasteiger partial charge in [0.1, 0.15) is 0 Å². The molecule has 3 nitrogen and oxygen atoms in total. The summed E-state index contributed by atoms with van der Waals surface area (Å²) >= 11 is 0. The Labute approximate surface area is 89.9 Å². The first-order valence-electron chi connectivity index (χ1n) is 5.24. The summed E-state index contributed by atoms with van der Waals surface area (Å²) in [7, 11) is 0. The van der Waals surface area contributed by atoms with Crippen molar-refractivity contribution in [2.24, 2.45) is 5.73 Å². The highest BCUT2D eigenvalue weighted by atomic mass is 16.2. The zero-order valence-electron chi connectivity index (χ0n) is 8.89. The first kappa shape index (κ1) is 10.2. The molecule has 0 aliphatic carbocycles. The van der Waals surface area contributed by atoms with E-state index in [0.29, 0.717) is 6.54 Å². The number of nitrogens with zero attached hydrogens (tertiary/aromatic N) is 1. The zero-order chi connectivity index (χ0) is 10.8. The van der Waals surface area contributed by atoms with Crippen molar-refractivity contribution < 1.29 is 4.79 Å². The number of carbonyl (C=O) groups is 1. The molecule has 1 saturated heterocycles. The van der Waals surface area contributed by atoms with E-state index in [1.165, 1.54) is 5.56 Å². The second-order valence-corrected chi connectivity index (χ2v) is 4.11. The molecule has 2 N–H and O–H groups in total. The van der Waals surface area contributed by atoms with E-state index in [2.05, 4.69) is 12.1 Å². The van der Waals surface area contributed by atoms with Crippen LogP contribution < -0.4 is 5.73 Å². The van der Waals surface area contributed by atoms with Crippen LogP contribution in [-0.4, -0.2) is 29.9 Å². The molecule has 0 unspecified atom stereocenters. The molecule has 2 rings (SSSR count). The number of amides is 1. The van der Waals surface area contributed by atoms with Crippen molar-refractivity contribution >= 4 is 5.91 Å². The second-order valence-electron chi connectivity index (χ2n) is 4.11. The molecule has 0 bridgehead atoms. The van der Waals surface area contributed by atoms with Crippen LogP contribution in [0.2, 0.25) is 0 Å². The van der Waals surface area contributed by atoms with Gasteiger partial charge in [-0.2, -0.15) is 0 Å². The smallest absolute Gasteiger partial charge is 0.219 e. The summed E-state index contributed by atoms with van der Waals surface area (Å²) in [6, 6.07) is 10.2. The van der Waals surface area contributed by atoms with Crippen molar-refractivity contribution in [1.82, 2.24) is 4.90 Å². The summed E-state index contributed by atoms with van der Waals surface area (Å²) < 4.78 is 0. The number of likely N-dealkylation sites (tertiary alicyclic amines) is 1. The molecule has 0 spiro atoms. The Hall–Kier alpha value is -1.35. The largest absolute Gasteiger partial charge is 0.341 e. The third-order valence-corrected chi connectivity index (χ3v) is 3.04. The highest BCUT2D eigenvalue weighted by Crippen LogP contribution is 2.26. The summed E-state index contributed by atoms with van der Waals surface area (Å²) in [5, 5.41) is 0. The lowest BCUT2D eigenvalue weighted by atomic mass is 9.95. The van der Waals surface area contributed by atoms with Gasteiger partial charge < -0.3 is 10.6 Å². The number of rotatable bonds is 1. The van der Waals surface area contributed by atoms with Gasteiger partial charge in [0.15, 0.2) is 0 Å². The summed E-state index contributed by atoms with van der Waals surface area (Å²) in [6.07, 6.45) is 0. The fraction of sp³-hybridized carbons (Fsp3) is 0.417. The van der Waals surface area contributed by atoms with Crippen LogP contribution in [0.1, 0.15) is 18.4 Å². The van der Waals surface area contributed by atoms with E-state index in [9.17, 15) is 4.79 Å². The lowest BCUT2D eigenvalue weighted by molar-refractivity contribution is -0.127. The Morgan fingerprint density at radius 3 is 2.53 bits per heavy atom. The Morgan fingerprint density at radius 1 is 1.33 bits per heavy atom. The van der Waals surface area contributed by atoms with Crippen LogP contribution in [0.3, 0.4) is 0 Å². The van der Waals surface area contributed by atoms with Crippen LogP contribution in [0.25, 0.3) is 0 Å². The van der Waals surface area contributed by atoms with E-state index in [0.717, 1.165) is 6.54 Å². The van der Waals surface area contributed by atoms with Gasteiger partial charge in [0.25, 0.3) is 0 Å². The van der Waals surface area contributed by atoms with Crippen LogP contribution >= 0.6 is 0 Å². The molecule has 2 atom stereocenters. The predicted octanol–water partition coefficient (Wildman–Crippen LogP) is 0.960. The van der Waals surface area contributed by atoms with Gasteiger partial charge >= 0.3 is 0 Å². The van der Waals surface area contributed by atoms with Crippen molar-refractivity contribution in [3.63, 3.8) is 0 Å². The van der Waals surface area contributed by atoms with Gasteiger partial charge in [-0.3, -0.25) is 4.79 Å². The fourth-order valence-corrected chi connectivity index (χ4v) is 2.14. The fourth-order valence-electron chi connectivity index (χ4n) is 2.14. The van der Waals surface area contributed by atoms with Gasteiger partial charge in [-0.05, 0) is 5.56 Å². The number of benzene rings is 1. The van der Waals surface area contributed by atoms with E-state index in [4.69, 9.17) is 5.73 Å². The van der Waals surface area contributed by atoms with Gasteiger partial charge in [-0.25, -0.2) is 0 Å². The van der Waals surface area contributed by atoms with Gasteiger partial charge in [0.05, 0.1) is 0 Å². The maximum Gasteiger partial charge on any atom is 0.219 e. The monoisotopic (exact) mass is 204 g/mol. The van der Waals surface area contributed by atoms with Gasteiger partial charge in [-0.15, -0.1) is 0 Å². The average molecular weight is 204 g/mol. The first-order valence-corrected chi connectivity index (χ1v) is 5.24. The van der Waals surface area contributed by atoms with Crippen LogP contribution in [0.4, 0.5) is 0 Å². The van der Waals surface area contributed by atoms with Crippen molar-refractivity contribution in [2.75, 3.05) is 13.1 Å². The molecule has 1 amide bonds. The van der Waals surface area contributed by atoms with Gasteiger partial charge in [-0.1, -0.05) is 30.3 Å². The molecule has 0 aromatic heterocycles. The Bertz CT molecular complexity index is 350. The van der Waals surface area contributed by atoms with E-state index < -0.39 is 0 Å². The Balaban J connectivity index is 2.15. The maximum atomic E-state index is 11.2. The molecule has 0 saturated carbocycles. The summed E-state index contributed by atoms with van der Waals surface area (Å²) in [5.41, 5.74) is 7.28. The molecule has 15 heavy (non-hydrogen) atoms. The van der Waals surface area contributed by atoms with Crippen LogP contribution in [0.5, 0.6) is 0 Å². The molecule has 1 aliphatic rings. The molecular weight excluding hydrogens is 188 g/mol. The Kier molecular flexibility index (Phi) is 2.73. The van der Waals surface area contributed by atoms with Crippen molar-refractivity contribution in [2.45, 2.75) is 18.9 Å². The standard InChI is InChI=1S/C12H16N2O/c1-9(15)14-7-11(12(13)8-14)10-5-3-2-4-6-10/h2-6,11-12H,7-8,13H2,1H3/t11-,12+/m1/s1. The van der Waals surface area contributed by atoms with E-state index in [-0.39, 0.29) is 17.9 Å². The van der Waals surface area contributed by atoms with E-state index in [1.54, 1.807) is 6.92 Å². The minimum Gasteiger partial charge on any atom is -0.341 e. The molecule has 3 heteroatoms. The molecular formula is C12H16N2O. The van der Waals surface area contributed by atoms with Crippen LogP contribution in [0, 0.1) is 0 Å². The third-order valence-electron chi connectivity index (χ3n) is 3.04. The van der Waals surface area contributed by atoms with Crippen molar-refractivity contribution in [3.05, 3.63) is 35.9 Å². The number of carbonyl (C=O) groups excluding carboxylic acids is 1. The quantitative estimate of drug-likeness (QED) is 0.740. The highest BCUT2D eigenvalue weighted by molar-refractivity contribution is 5.73. The van der Waals surface area contributed by atoms with E-state index in [1.807, 2.05) is 23.1 Å². The molecule has 1 aliphatic heterocycles. The van der Waals surface area contributed by atoms with Gasteiger partial charge in [0.2, 0.25) is 5.91 Å².